The molecule has 3 N–H and O–H groups in total. The van der Waals surface area contributed by atoms with Gasteiger partial charge in [-0.3, -0.25) is 0 Å². The minimum absolute atomic E-state index is 0.0344. The summed E-state index contributed by atoms with van der Waals surface area (Å²) in [5.74, 6) is -0.935. The molecule has 0 saturated heterocycles. The van der Waals surface area contributed by atoms with Gasteiger partial charge in [-0.1, -0.05) is 19.4 Å². The number of carbonyl (C=O) groups excluding carboxylic acids is 1. The Morgan fingerprint density at radius 3 is 2.71 bits per heavy atom. The Morgan fingerprint density at radius 2 is 2.24 bits per heavy atom. The molecule has 21 heavy (non-hydrogen) atoms. The number of aliphatic carboxylic acids is 1. The SMILES string of the molecule is CCCC(NC(=O)NC(C)(C(=O)O)C1CC1)c1cccs1. The molecule has 1 aliphatic carbocycles. The summed E-state index contributed by atoms with van der Waals surface area (Å²) in [6.45, 7) is 3.65. The van der Waals surface area contributed by atoms with Crippen molar-refractivity contribution in [3.63, 3.8) is 0 Å². The second-order valence-corrected chi connectivity index (χ2v) is 6.72. The number of hydrogen-bond donors (Lipinski definition) is 3. The summed E-state index contributed by atoms with van der Waals surface area (Å²) in [5, 5.41) is 16.9. The first kappa shape index (κ1) is 15.8. The van der Waals surface area contributed by atoms with Gasteiger partial charge in [-0.05, 0) is 43.6 Å². The number of carbonyl (C=O) groups is 2. The van der Waals surface area contributed by atoms with E-state index in [9.17, 15) is 14.7 Å². The van der Waals surface area contributed by atoms with Crippen molar-refractivity contribution in [2.45, 2.75) is 51.1 Å². The van der Waals surface area contributed by atoms with E-state index in [-0.39, 0.29) is 12.0 Å². The first-order valence-corrected chi connectivity index (χ1v) is 8.20. The topological polar surface area (TPSA) is 78.4 Å². The number of carboxylic acid groups (broad SMARTS) is 1. The molecule has 6 heteroatoms. The molecule has 0 spiro atoms. The Labute approximate surface area is 128 Å². The molecule has 2 atom stereocenters. The van der Waals surface area contributed by atoms with Crippen molar-refractivity contribution in [1.82, 2.24) is 10.6 Å². The predicted molar refractivity (Wildman–Crippen MR) is 82.4 cm³/mol. The van der Waals surface area contributed by atoms with Crippen LogP contribution in [0, 0.1) is 5.92 Å². The van der Waals surface area contributed by atoms with Gasteiger partial charge in [0.1, 0.15) is 5.54 Å². The highest BCUT2D eigenvalue weighted by molar-refractivity contribution is 7.10. The number of amides is 2. The zero-order valence-corrected chi connectivity index (χ0v) is 13.2. The van der Waals surface area contributed by atoms with E-state index in [2.05, 4.69) is 17.6 Å². The molecule has 1 heterocycles. The fourth-order valence-electron chi connectivity index (χ4n) is 2.48. The fraction of sp³-hybridized carbons (Fsp3) is 0.600. The summed E-state index contributed by atoms with van der Waals surface area (Å²) in [4.78, 5) is 24.7. The van der Waals surface area contributed by atoms with E-state index in [1.165, 1.54) is 0 Å². The number of carboxylic acids is 1. The Bertz CT molecular complexity index is 499. The summed E-state index contributed by atoms with van der Waals surface area (Å²) in [6.07, 6.45) is 3.49. The maximum Gasteiger partial charge on any atom is 0.329 e. The maximum atomic E-state index is 12.2. The van der Waals surface area contributed by atoms with E-state index >= 15 is 0 Å². The average Bonchev–Trinajstić information content (AvgIpc) is 3.14. The zero-order chi connectivity index (χ0) is 15.5. The lowest BCUT2D eigenvalue weighted by atomic mass is 9.96. The molecular weight excluding hydrogens is 288 g/mol. The van der Waals surface area contributed by atoms with Crippen LogP contribution in [0.25, 0.3) is 0 Å². The largest absolute Gasteiger partial charge is 0.480 e. The molecule has 2 rings (SSSR count). The van der Waals surface area contributed by atoms with Crippen LogP contribution in [0.5, 0.6) is 0 Å². The Kier molecular flexibility index (Phi) is 4.88. The first-order valence-electron chi connectivity index (χ1n) is 7.32. The molecule has 1 fully saturated rings. The average molecular weight is 310 g/mol. The summed E-state index contributed by atoms with van der Waals surface area (Å²) >= 11 is 1.60. The van der Waals surface area contributed by atoms with Gasteiger partial charge in [-0.15, -0.1) is 11.3 Å². The van der Waals surface area contributed by atoms with Gasteiger partial charge < -0.3 is 15.7 Å². The Morgan fingerprint density at radius 1 is 1.52 bits per heavy atom. The molecule has 116 valence electrons. The zero-order valence-electron chi connectivity index (χ0n) is 12.4. The van der Waals surface area contributed by atoms with E-state index in [4.69, 9.17) is 0 Å². The van der Waals surface area contributed by atoms with Gasteiger partial charge in [0.05, 0.1) is 6.04 Å². The van der Waals surface area contributed by atoms with Gasteiger partial charge >= 0.3 is 12.0 Å². The summed E-state index contributed by atoms with van der Waals surface area (Å²) in [7, 11) is 0. The van der Waals surface area contributed by atoms with Gasteiger partial charge in [-0.25, -0.2) is 9.59 Å². The number of nitrogens with one attached hydrogen (secondary N) is 2. The first-order chi connectivity index (χ1) is 9.97. The van der Waals surface area contributed by atoms with E-state index < -0.39 is 17.5 Å². The van der Waals surface area contributed by atoms with E-state index in [0.717, 1.165) is 30.6 Å². The van der Waals surface area contributed by atoms with Crippen LogP contribution >= 0.6 is 11.3 Å². The molecule has 1 aromatic rings. The van der Waals surface area contributed by atoms with Crippen molar-refractivity contribution in [2.75, 3.05) is 0 Å². The third-order valence-corrected chi connectivity index (χ3v) is 4.97. The van der Waals surface area contributed by atoms with Crippen LogP contribution in [-0.4, -0.2) is 22.6 Å². The molecule has 2 amide bonds. The van der Waals surface area contributed by atoms with E-state index in [0.29, 0.717) is 0 Å². The molecule has 0 bridgehead atoms. The summed E-state index contributed by atoms with van der Waals surface area (Å²) < 4.78 is 0. The van der Waals surface area contributed by atoms with Crippen LogP contribution in [0.15, 0.2) is 17.5 Å². The highest BCUT2D eigenvalue weighted by atomic mass is 32.1. The normalized spacial score (nSPS) is 18.6. The molecule has 2 unspecified atom stereocenters. The molecule has 0 aromatic carbocycles. The number of urea groups is 1. The standard InChI is InChI=1S/C15H22N2O3S/c1-3-5-11(12-6-4-9-21-12)16-14(20)17-15(2,13(18)19)10-7-8-10/h4,6,9-11H,3,5,7-8H2,1-2H3,(H,18,19)(H2,16,17,20). The van der Waals surface area contributed by atoms with Crippen LogP contribution < -0.4 is 10.6 Å². The van der Waals surface area contributed by atoms with Gasteiger partial charge in [0.2, 0.25) is 0 Å². The lowest BCUT2D eigenvalue weighted by Crippen LogP contribution is -2.57. The third kappa shape index (κ3) is 3.75. The summed E-state index contributed by atoms with van der Waals surface area (Å²) in [6, 6.07) is 3.47. The lowest BCUT2D eigenvalue weighted by Gasteiger charge is -2.27. The summed E-state index contributed by atoms with van der Waals surface area (Å²) in [5.41, 5.74) is -1.17. The Balaban J connectivity index is 2.00. The second-order valence-electron chi connectivity index (χ2n) is 5.74. The quantitative estimate of drug-likeness (QED) is 0.724. The second kappa shape index (κ2) is 6.47. The van der Waals surface area contributed by atoms with Crippen molar-refractivity contribution in [3.8, 4) is 0 Å². The van der Waals surface area contributed by atoms with Crippen molar-refractivity contribution < 1.29 is 14.7 Å². The van der Waals surface area contributed by atoms with Crippen LogP contribution in [-0.2, 0) is 4.79 Å². The van der Waals surface area contributed by atoms with Gasteiger partial charge in [0.25, 0.3) is 0 Å². The minimum atomic E-state index is -1.17. The number of thiophene rings is 1. The number of rotatable bonds is 7. The Hall–Kier alpha value is -1.56. The van der Waals surface area contributed by atoms with Crippen molar-refractivity contribution >= 4 is 23.3 Å². The van der Waals surface area contributed by atoms with E-state index in [1.54, 1.807) is 18.3 Å². The fourth-order valence-corrected chi connectivity index (χ4v) is 3.30. The minimum Gasteiger partial charge on any atom is -0.480 e. The molecule has 0 aliphatic heterocycles. The van der Waals surface area contributed by atoms with Crippen molar-refractivity contribution in [2.24, 2.45) is 5.92 Å². The van der Waals surface area contributed by atoms with Crippen molar-refractivity contribution in [3.05, 3.63) is 22.4 Å². The maximum absolute atomic E-state index is 12.2. The van der Waals surface area contributed by atoms with Crippen molar-refractivity contribution in [1.29, 1.82) is 0 Å². The van der Waals surface area contributed by atoms with Gasteiger partial charge in [0.15, 0.2) is 0 Å². The van der Waals surface area contributed by atoms with Crippen LogP contribution in [0.2, 0.25) is 0 Å². The monoisotopic (exact) mass is 310 g/mol. The van der Waals surface area contributed by atoms with Gasteiger partial charge in [-0.2, -0.15) is 0 Å². The lowest BCUT2D eigenvalue weighted by molar-refractivity contribution is -0.144. The molecule has 0 radical (unpaired) electrons. The third-order valence-electron chi connectivity index (χ3n) is 3.98. The predicted octanol–water partition coefficient (Wildman–Crippen LogP) is 3.14. The molecule has 1 saturated carbocycles. The van der Waals surface area contributed by atoms with Crippen LogP contribution in [0.3, 0.4) is 0 Å². The molecule has 1 aromatic heterocycles. The molecular formula is C15H22N2O3S. The highest BCUT2D eigenvalue weighted by Gasteiger charge is 2.48. The van der Waals surface area contributed by atoms with Crippen LogP contribution in [0.1, 0.15) is 50.4 Å². The van der Waals surface area contributed by atoms with E-state index in [1.807, 2.05) is 17.5 Å². The number of hydrogen-bond acceptors (Lipinski definition) is 3. The smallest absolute Gasteiger partial charge is 0.329 e. The van der Waals surface area contributed by atoms with Crippen LogP contribution in [0.4, 0.5) is 4.79 Å². The van der Waals surface area contributed by atoms with Gasteiger partial charge in [0, 0.05) is 4.88 Å². The highest BCUT2D eigenvalue weighted by Crippen LogP contribution is 2.39. The molecule has 1 aliphatic rings. The molecule has 5 nitrogen and oxygen atoms in total.